The van der Waals surface area contributed by atoms with E-state index >= 15 is 0 Å². The van der Waals surface area contributed by atoms with E-state index in [1.165, 1.54) is 19.3 Å². The van der Waals surface area contributed by atoms with Crippen LogP contribution in [0.5, 0.6) is 5.75 Å². The predicted octanol–water partition coefficient (Wildman–Crippen LogP) is 3.27. The minimum absolute atomic E-state index is 0. The maximum Gasteiger partial charge on any atom is 0.251 e. The fourth-order valence-corrected chi connectivity index (χ4v) is 4.09. The van der Waals surface area contributed by atoms with Crippen molar-refractivity contribution < 1.29 is 14.3 Å². The van der Waals surface area contributed by atoms with Gasteiger partial charge >= 0.3 is 0 Å². The third kappa shape index (κ3) is 5.12. The highest BCUT2D eigenvalue weighted by atomic mass is 35.5. The molecule has 1 aromatic rings. The Hall–Kier alpha value is -1.30. The molecule has 1 N–H and O–H groups in total. The van der Waals surface area contributed by atoms with Crippen LogP contribution in [0.25, 0.3) is 0 Å². The summed E-state index contributed by atoms with van der Waals surface area (Å²) in [4.78, 5) is 15.2. The first-order chi connectivity index (χ1) is 12.2. The normalized spacial score (nSPS) is 20.0. The predicted molar refractivity (Wildman–Crippen MR) is 105 cm³/mol. The molecule has 0 radical (unpaired) electrons. The van der Waals surface area contributed by atoms with Crippen LogP contribution in [0, 0.1) is 0 Å². The van der Waals surface area contributed by atoms with Crippen molar-refractivity contribution in [3.63, 3.8) is 0 Å². The third-order valence-electron chi connectivity index (χ3n) is 5.45. The van der Waals surface area contributed by atoms with Crippen LogP contribution in [-0.2, 0) is 4.74 Å². The van der Waals surface area contributed by atoms with Gasteiger partial charge in [0.2, 0.25) is 0 Å². The molecule has 0 aromatic heterocycles. The first-order valence-electron chi connectivity index (χ1n) is 9.57. The highest BCUT2D eigenvalue weighted by Crippen LogP contribution is 2.34. The molecule has 2 fully saturated rings. The van der Waals surface area contributed by atoms with E-state index in [-0.39, 0.29) is 23.9 Å². The standard InChI is InChI=1S/C20H30N2O3.ClH/c1-2-25-18-8-6-7-17(15-18)19(23)21-16-20(9-4-3-5-10-20)22-11-13-24-14-12-22;/h6-8,15H,2-5,9-14,16H2,1H3,(H,21,23);1H. The van der Waals surface area contributed by atoms with Gasteiger partial charge in [-0.15, -0.1) is 12.4 Å². The van der Waals surface area contributed by atoms with Gasteiger partial charge in [-0.05, 0) is 38.0 Å². The lowest BCUT2D eigenvalue weighted by Gasteiger charge is -2.48. The summed E-state index contributed by atoms with van der Waals surface area (Å²) in [6.07, 6.45) is 6.11. The lowest BCUT2D eigenvalue weighted by atomic mass is 9.79. The van der Waals surface area contributed by atoms with Crippen molar-refractivity contribution in [1.29, 1.82) is 0 Å². The Bertz CT molecular complexity index is 570. The van der Waals surface area contributed by atoms with Crippen LogP contribution in [0.4, 0.5) is 0 Å². The molecule has 26 heavy (non-hydrogen) atoms. The maximum absolute atomic E-state index is 12.7. The van der Waals surface area contributed by atoms with Crippen LogP contribution in [0.2, 0.25) is 0 Å². The molecule has 0 spiro atoms. The molecule has 0 bridgehead atoms. The van der Waals surface area contributed by atoms with E-state index in [1.807, 2.05) is 31.2 Å². The minimum atomic E-state index is -0.0141. The summed E-state index contributed by atoms with van der Waals surface area (Å²) in [5.74, 6) is 0.732. The second kappa shape index (κ2) is 10.1. The summed E-state index contributed by atoms with van der Waals surface area (Å²) in [6.45, 7) is 6.79. The molecule has 2 aliphatic rings. The average Bonchev–Trinajstić information content (AvgIpc) is 2.68. The van der Waals surface area contributed by atoms with Crippen LogP contribution in [-0.4, -0.2) is 55.8 Å². The smallest absolute Gasteiger partial charge is 0.251 e. The Morgan fingerprint density at radius 3 is 2.65 bits per heavy atom. The molecule has 1 amide bonds. The van der Waals surface area contributed by atoms with Gasteiger partial charge in [0, 0.05) is 30.7 Å². The number of nitrogens with zero attached hydrogens (tertiary/aromatic N) is 1. The highest BCUT2D eigenvalue weighted by molar-refractivity contribution is 5.94. The fourth-order valence-electron chi connectivity index (χ4n) is 4.09. The quantitative estimate of drug-likeness (QED) is 0.820. The first kappa shape index (κ1) is 21.0. The second-order valence-corrected chi connectivity index (χ2v) is 7.03. The van der Waals surface area contributed by atoms with E-state index in [1.54, 1.807) is 0 Å². The highest BCUT2D eigenvalue weighted by Gasteiger charge is 2.38. The number of carbonyl (C=O) groups excluding carboxylic acids is 1. The molecule has 146 valence electrons. The lowest BCUT2D eigenvalue weighted by Crippen LogP contribution is -2.59. The summed E-state index contributed by atoms with van der Waals surface area (Å²) >= 11 is 0. The Labute approximate surface area is 162 Å². The van der Waals surface area contributed by atoms with Crippen molar-refractivity contribution >= 4 is 18.3 Å². The van der Waals surface area contributed by atoms with Crippen molar-refractivity contribution in [2.24, 2.45) is 0 Å². The lowest BCUT2D eigenvalue weighted by molar-refractivity contribution is -0.0361. The van der Waals surface area contributed by atoms with Gasteiger partial charge in [0.05, 0.1) is 19.8 Å². The molecule has 1 saturated carbocycles. The van der Waals surface area contributed by atoms with Crippen molar-refractivity contribution in [3.8, 4) is 5.75 Å². The van der Waals surface area contributed by atoms with Gasteiger partial charge in [0.1, 0.15) is 5.75 Å². The molecule has 3 rings (SSSR count). The molecule has 1 heterocycles. The van der Waals surface area contributed by atoms with Crippen molar-refractivity contribution in [3.05, 3.63) is 29.8 Å². The molecule has 0 atom stereocenters. The summed E-state index contributed by atoms with van der Waals surface area (Å²) in [5.41, 5.74) is 0.758. The third-order valence-corrected chi connectivity index (χ3v) is 5.45. The number of morpholine rings is 1. The monoisotopic (exact) mass is 382 g/mol. The van der Waals surface area contributed by atoms with E-state index in [0.29, 0.717) is 18.7 Å². The number of halogens is 1. The zero-order chi connectivity index (χ0) is 17.5. The number of amides is 1. The molecule has 1 aliphatic heterocycles. The number of hydrogen-bond acceptors (Lipinski definition) is 4. The van der Waals surface area contributed by atoms with Gasteiger partial charge in [-0.2, -0.15) is 0 Å². The Morgan fingerprint density at radius 2 is 1.96 bits per heavy atom. The zero-order valence-corrected chi connectivity index (χ0v) is 16.5. The molecule has 5 nitrogen and oxygen atoms in total. The minimum Gasteiger partial charge on any atom is -0.494 e. The first-order valence-corrected chi connectivity index (χ1v) is 9.57. The van der Waals surface area contributed by atoms with Crippen LogP contribution < -0.4 is 10.1 Å². The van der Waals surface area contributed by atoms with Gasteiger partial charge < -0.3 is 14.8 Å². The maximum atomic E-state index is 12.7. The van der Waals surface area contributed by atoms with Crippen LogP contribution in [0.1, 0.15) is 49.4 Å². The summed E-state index contributed by atoms with van der Waals surface area (Å²) in [5, 5.41) is 3.20. The number of rotatable bonds is 6. The molecule has 1 aliphatic carbocycles. The molecular weight excluding hydrogens is 352 g/mol. The van der Waals surface area contributed by atoms with Crippen molar-refractivity contribution in [2.45, 2.75) is 44.6 Å². The summed E-state index contributed by atoms with van der Waals surface area (Å²) in [6, 6.07) is 7.43. The fraction of sp³-hybridized carbons (Fsp3) is 0.650. The SMILES string of the molecule is CCOc1cccc(C(=O)NCC2(N3CCOCC3)CCCCC2)c1.Cl. The molecule has 6 heteroatoms. The summed E-state index contributed by atoms with van der Waals surface area (Å²) in [7, 11) is 0. The number of ether oxygens (including phenoxy) is 2. The van der Waals surface area contributed by atoms with Crippen LogP contribution >= 0.6 is 12.4 Å². The van der Waals surface area contributed by atoms with E-state index in [0.717, 1.165) is 44.9 Å². The van der Waals surface area contributed by atoms with Crippen LogP contribution in [0.15, 0.2) is 24.3 Å². The summed E-state index contributed by atoms with van der Waals surface area (Å²) < 4.78 is 11.0. The number of hydrogen-bond donors (Lipinski definition) is 1. The molecule has 1 aromatic carbocycles. The molecule has 0 unspecified atom stereocenters. The van der Waals surface area contributed by atoms with Gasteiger partial charge in [0.25, 0.3) is 5.91 Å². The van der Waals surface area contributed by atoms with E-state index in [2.05, 4.69) is 10.2 Å². The molecule has 1 saturated heterocycles. The topological polar surface area (TPSA) is 50.8 Å². The van der Waals surface area contributed by atoms with Crippen molar-refractivity contribution in [2.75, 3.05) is 39.5 Å². The molecular formula is C20H31ClN2O3. The average molecular weight is 383 g/mol. The van der Waals surface area contributed by atoms with Crippen molar-refractivity contribution in [1.82, 2.24) is 10.2 Å². The Kier molecular flexibility index (Phi) is 8.19. The number of benzene rings is 1. The second-order valence-electron chi connectivity index (χ2n) is 7.03. The Morgan fingerprint density at radius 1 is 1.23 bits per heavy atom. The largest absolute Gasteiger partial charge is 0.494 e. The number of nitrogens with one attached hydrogen (secondary N) is 1. The van der Waals surface area contributed by atoms with Gasteiger partial charge in [-0.3, -0.25) is 9.69 Å². The van der Waals surface area contributed by atoms with Gasteiger partial charge in [-0.1, -0.05) is 25.3 Å². The van der Waals surface area contributed by atoms with Gasteiger partial charge in [-0.25, -0.2) is 0 Å². The van der Waals surface area contributed by atoms with E-state index < -0.39 is 0 Å². The number of carbonyl (C=O) groups is 1. The van der Waals surface area contributed by atoms with E-state index in [4.69, 9.17) is 9.47 Å². The zero-order valence-electron chi connectivity index (χ0n) is 15.7. The van der Waals surface area contributed by atoms with Gasteiger partial charge in [0.15, 0.2) is 0 Å². The Balaban J connectivity index is 0.00000243. The van der Waals surface area contributed by atoms with Crippen LogP contribution in [0.3, 0.4) is 0 Å². The van der Waals surface area contributed by atoms with E-state index in [9.17, 15) is 4.79 Å².